The number of hydrogen-bond donors (Lipinski definition) is 4. The molecule has 9 heteroatoms. The van der Waals surface area contributed by atoms with Crippen LogP contribution in [0.3, 0.4) is 0 Å². The highest BCUT2D eigenvalue weighted by Gasteiger charge is 2.26. The second-order valence-corrected chi connectivity index (χ2v) is 5.20. The number of amides is 4. The molecule has 0 aromatic rings. The molecule has 0 aromatic heterocycles. The van der Waals surface area contributed by atoms with Gasteiger partial charge >= 0.3 is 6.03 Å². The van der Waals surface area contributed by atoms with Crippen molar-refractivity contribution in [3.05, 3.63) is 12.7 Å². The Morgan fingerprint density at radius 1 is 1.30 bits per heavy atom. The number of halogens is 1. The molecule has 1 atom stereocenters. The van der Waals surface area contributed by atoms with Crippen molar-refractivity contribution in [1.29, 1.82) is 0 Å². The average Bonchev–Trinajstić information content (AvgIpc) is 2.50. The number of imide groups is 1. The molecular formula is C14H26ClN5O3. The summed E-state index contributed by atoms with van der Waals surface area (Å²) in [6, 6.07) is -0.542. The molecule has 1 unspecified atom stereocenters. The Morgan fingerprint density at radius 3 is 2.70 bits per heavy atom. The maximum atomic E-state index is 11.9. The zero-order chi connectivity index (χ0) is 16.4. The number of likely N-dealkylation sites (tertiary alicyclic amines) is 1. The Balaban J connectivity index is 0.00000484. The van der Waals surface area contributed by atoms with Crippen LogP contribution in [-0.2, 0) is 9.59 Å². The first-order valence-electron chi connectivity index (χ1n) is 7.45. The van der Waals surface area contributed by atoms with Gasteiger partial charge in [-0.15, -0.1) is 19.0 Å². The van der Waals surface area contributed by atoms with Crippen LogP contribution in [0, 0.1) is 5.92 Å². The fourth-order valence-corrected chi connectivity index (χ4v) is 2.33. The standard InChI is InChI=1S/C14H25N5O3.ClH/c1-2-6-17-14(22)18-12(20)10-19-8-3-4-11(9-19)13(21)16-7-5-15;/h2,11H,1,3-10,15H2,(H,16,21)(H2,17,18,20,22);1H. The van der Waals surface area contributed by atoms with Crippen LogP contribution in [-0.4, -0.2) is 62.0 Å². The molecule has 0 radical (unpaired) electrons. The van der Waals surface area contributed by atoms with E-state index >= 15 is 0 Å². The van der Waals surface area contributed by atoms with Crippen molar-refractivity contribution in [2.45, 2.75) is 12.8 Å². The molecule has 8 nitrogen and oxygen atoms in total. The van der Waals surface area contributed by atoms with Crippen LogP contribution in [0.15, 0.2) is 12.7 Å². The maximum Gasteiger partial charge on any atom is 0.321 e. The van der Waals surface area contributed by atoms with E-state index < -0.39 is 6.03 Å². The fraction of sp³-hybridized carbons (Fsp3) is 0.643. The van der Waals surface area contributed by atoms with Crippen molar-refractivity contribution in [2.75, 3.05) is 39.3 Å². The second kappa shape index (κ2) is 11.9. The predicted octanol–water partition coefficient (Wildman–Crippen LogP) is -0.793. The van der Waals surface area contributed by atoms with Crippen LogP contribution >= 0.6 is 12.4 Å². The molecule has 5 N–H and O–H groups in total. The summed E-state index contributed by atoms with van der Waals surface area (Å²) in [5.74, 6) is -0.549. The Morgan fingerprint density at radius 2 is 2.04 bits per heavy atom. The summed E-state index contributed by atoms with van der Waals surface area (Å²) in [6.45, 7) is 5.98. The van der Waals surface area contributed by atoms with Crippen molar-refractivity contribution in [3.8, 4) is 0 Å². The molecule has 1 aliphatic heterocycles. The number of rotatable bonds is 7. The summed E-state index contributed by atoms with van der Waals surface area (Å²) >= 11 is 0. The number of hydrogen-bond acceptors (Lipinski definition) is 5. The highest BCUT2D eigenvalue weighted by atomic mass is 35.5. The summed E-state index contributed by atoms with van der Waals surface area (Å²) in [5, 5.41) is 7.48. The first-order chi connectivity index (χ1) is 10.6. The highest BCUT2D eigenvalue weighted by Crippen LogP contribution is 2.16. The molecule has 23 heavy (non-hydrogen) atoms. The lowest BCUT2D eigenvalue weighted by atomic mass is 9.97. The summed E-state index contributed by atoms with van der Waals surface area (Å²) in [4.78, 5) is 36.9. The molecule has 1 fully saturated rings. The van der Waals surface area contributed by atoms with Gasteiger partial charge < -0.3 is 16.4 Å². The third kappa shape index (κ3) is 8.53. The van der Waals surface area contributed by atoms with Gasteiger partial charge in [-0.05, 0) is 19.4 Å². The van der Waals surface area contributed by atoms with E-state index in [1.807, 2.05) is 4.90 Å². The molecule has 1 rings (SSSR count). The Labute approximate surface area is 142 Å². The van der Waals surface area contributed by atoms with Gasteiger partial charge in [0.05, 0.1) is 12.5 Å². The van der Waals surface area contributed by atoms with E-state index in [9.17, 15) is 14.4 Å². The summed E-state index contributed by atoms with van der Waals surface area (Å²) < 4.78 is 0. The van der Waals surface area contributed by atoms with E-state index in [-0.39, 0.29) is 36.7 Å². The zero-order valence-corrected chi connectivity index (χ0v) is 14.0. The number of piperidine rings is 1. The molecule has 0 aliphatic carbocycles. The highest BCUT2D eigenvalue weighted by molar-refractivity contribution is 5.95. The summed E-state index contributed by atoms with van der Waals surface area (Å²) in [7, 11) is 0. The van der Waals surface area contributed by atoms with Crippen LogP contribution < -0.4 is 21.7 Å². The maximum absolute atomic E-state index is 11.9. The molecular weight excluding hydrogens is 322 g/mol. The first kappa shape index (κ1) is 21.4. The molecule has 1 saturated heterocycles. The minimum Gasteiger partial charge on any atom is -0.355 e. The number of nitrogens with two attached hydrogens (primary N) is 1. The van der Waals surface area contributed by atoms with E-state index in [2.05, 4.69) is 22.5 Å². The monoisotopic (exact) mass is 347 g/mol. The molecule has 132 valence electrons. The lowest BCUT2D eigenvalue weighted by molar-refractivity contribution is -0.128. The second-order valence-electron chi connectivity index (χ2n) is 5.20. The van der Waals surface area contributed by atoms with Gasteiger partial charge in [0.2, 0.25) is 11.8 Å². The van der Waals surface area contributed by atoms with Gasteiger partial charge in [-0.3, -0.25) is 19.8 Å². The predicted molar refractivity (Wildman–Crippen MR) is 90.2 cm³/mol. The molecule has 0 saturated carbocycles. The third-order valence-electron chi connectivity index (χ3n) is 3.35. The lowest BCUT2D eigenvalue weighted by Gasteiger charge is -2.31. The first-order valence-corrected chi connectivity index (χ1v) is 7.45. The fourth-order valence-electron chi connectivity index (χ4n) is 2.33. The van der Waals surface area contributed by atoms with E-state index in [4.69, 9.17) is 5.73 Å². The van der Waals surface area contributed by atoms with Crippen molar-refractivity contribution in [2.24, 2.45) is 11.7 Å². The van der Waals surface area contributed by atoms with Crippen LogP contribution in [0.1, 0.15) is 12.8 Å². The largest absolute Gasteiger partial charge is 0.355 e. The zero-order valence-electron chi connectivity index (χ0n) is 13.2. The third-order valence-corrected chi connectivity index (χ3v) is 3.35. The minimum absolute atomic E-state index is 0. The quantitative estimate of drug-likeness (QED) is 0.450. The van der Waals surface area contributed by atoms with Crippen molar-refractivity contribution < 1.29 is 14.4 Å². The van der Waals surface area contributed by atoms with Crippen LogP contribution in [0.2, 0.25) is 0 Å². The minimum atomic E-state index is -0.542. The van der Waals surface area contributed by atoms with Gasteiger partial charge in [0.1, 0.15) is 0 Å². The van der Waals surface area contributed by atoms with Crippen LogP contribution in [0.5, 0.6) is 0 Å². The van der Waals surface area contributed by atoms with Gasteiger partial charge in [0.15, 0.2) is 0 Å². The van der Waals surface area contributed by atoms with Gasteiger partial charge in [-0.2, -0.15) is 0 Å². The van der Waals surface area contributed by atoms with E-state index in [1.54, 1.807) is 0 Å². The normalized spacial score (nSPS) is 17.5. The van der Waals surface area contributed by atoms with Crippen LogP contribution in [0.4, 0.5) is 4.79 Å². The molecule has 1 aliphatic rings. The number of urea groups is 1. The molecule has 4 amide bonds. The average molecular weight is 348 g/mol. The number of carbonyl (C=O) groups excluding carboxylic acids is 3. The van der Waals surface area contributed by atoms with E-state index in [1.165, 1.54) is 6.08 Å². The van der Waals surface area contributed by atoms with E-state index in [0.717, 1.165) is 19.4 Å². The van der Waals surface area contributed by atoms with Gasteiger partial charge in [-0.1, -0.05) is 6.08 Å². The smallest absolute Gasteiger partial charge is 0.321 e. The SMILES string of the molecule is C=CCNC(=O)NC(=O)CN1CCCC(C(=O)NCCN)C1.Cl. The van der Waals surface area contributed by atoms with Gasteiger partial charge in [-0.25, -0.2) is 4.79 Å². The van der Waals surface area contributed by atoms with Gasteiger partial charge in [0, 0.05) is 26.2 Å². The molecule has 0 spiro atoms. The lowest BCUT2D eigenvalue weighted by Crippen LogP contribution is -2.49. The number of nitrogens with one attached hydrogen (secondary N) is 3. The Bertz CT molecular complexity index is 419. The van der Waals surface area contributed by atoms with E-state index in [0.29, 0.717) is 26.2 Å². The molecule has 0 aromatic carbocycles. The Kier molecular flexibility index (Phi) is 11.0. The van der Waals surface area contributed by atoms with Crippen LogP contribution in [0.25, 0.3) is 0 Å². The summed E-state index contributed by atoms with van der Waals surface area (Å²) in [5.41, 5.74) is 5.36. The van der Waals surface area contributed by atoms with Crippen molar-refractivity contribution >= 4 is 30.3 Å². The number of nitrogens with zero attached hydrogens (tertiary/aromatic N) is 1. The topological polar surface area (TPSA) is 117 Å². The Hall–Kier alpha value is -1.64. The van der Waals surface area contributed by atoms with Crippen molar-refractivity contribution in [1.82, 2.24) is 20.9 Å². The number of carbonyl (C=O) groups is 3. The molecule has 1 heterocycles. The molecule has 0 bridgehead atoms. The van der Waals surface area contributed by atoms with Gasteiger partial charge in [0.25, 0.3) is 0 Å². The summed E-state index contributed by atoms with van der Waals surface area (Å²) in [6.07, 6.45) is 3.17. The van der Waals surface area contributed by atoms with Crippen molar-refractivity contribution in [3.63, 3.8) is 0 Å².